The molecule has 6 nitrogen and oxygen atoms in total. The van der Waals surface area contributed by atoms with Crippen LogP contribution in [-0.4, -0.2) is 36.3 Å². The second-order valence-electron chi connectivity index (χ2n) is 6.21. The van der Waals surface area contributed by atoms with Crippen LogP contribution < -0.4 is 10.2 Å². The first-order valence-corrected chi connectivity index (χ1v) is 8.05. The molecule has 2 aromatic carbocycles. The molecule has 0 aromatic heterocycles. The molecule has 3 rings (SSSR count). The van der Waals surface area contributed by atoms with E-state index in [1.807, 2.05) is 6.07 Å². The minimum Gasteiger partial charge on any atom is -0.319 e. The highest BCUT2D eigenvalue weighted by molar-refractivity contribution is 6.10. The van der Waals surface area contributed by atoms with Crippen LogP contribution in [0.25, 0.3) is 0 Å². The van der Waals surface area contributed by atoms with Crippen molar-refractivity contribution in [2.24, 2.45) is 0 Å². The molecule has 1 N–H and O–H groups in total. The molecule has 7 heteroatoms. The molecule has 1 heterocycles. The first kappa shape index (κ1) is 17.6. The van der Waals surface area contributed by atoms with Crippen LogP contribution in [0.5, 0.6) is 0 Å². The van der Waals surface area contributed by atoms with Gasteiger partial charge in [0.2, 0.25) is 5.91 Å². The van der Waals surface area contributed by atoms with Gasteiger partial charge in [-0.1, -0.05) is 36.4 Å². The van der Waals surface area contributed by atoms with Gasteiger partial charge in [0.15, 0.2) is 0 Å². The summed E-state index contributed by atoms with van der Waals surface area (Å²) in [6.07, 6.45) is 0. The lowest BCUT2D eigenvalue weighted by Gasteiger charge is -2.23. The third kappa shape index (κ3) is 2.92. The number of para-hydroxylation sites is 1. The van der Waals surface area contributed by atoms with Crippen LogP contribution in [0.2, 0.25) is 0 Å². The van der Waals surface area contributed by atoms with E-state index in [4.69, 9.17) is 0 Å². The minimum absolute atomic E-state index is 0.0599. The van der Waals surface area contributed by atoms with Gasteiger partial charge >= 0.3 is 6.03 Å². The number of rotatable bonds is 4. The standard InChI is InChI=1S/C19H18FN3O3/c1-19(14-10-6-7-11-15(14)20)17(25)23(18(26)21-19)12-16(24)22(2)13-8-4-3-5-9-13/h3-11H,12H2,1-2H3,(H,21,26)/t19-/m1/s1. The molecule has 134 valence electrons. The second kappa shape index (κ2) is 6.59. The Morgan fingerprint density at radius 3 is 2.38 bits per heavy atom. The molecule has 0 bridgehead atoms. The van der Waals surface area contributed by atoms with Crippen LogP contribution in [0.3, 0.4) is 0 Å². The topological polar surface area (TPSA) is 69.7 Å². The fourth-order valence-corrected chi connectivity index (χ4v) is 2.93. The van der Waals surface area contributed by atoms with Crippen molar-refractivity contribution in [1.82, 2.24) is 10.2 Å². The van der Waals surface area contributed by atoms with Crippen LogP contribution in [0.15, 0.2) is 54.6 Å². The van der Waals surface area contributed by atoms with Crippen molar-refractivity contribution < 1.29 is 18.8 Å². The van der Waals surface area contributed by atoms with Gasteiger partial charge in [0.05, 0.1) is 0 Å². The maximum absolute atomic E-state index is 14.1. The van der Waals surface area contributed by atoms with Crippen molar-refractivity contribution >= 4 is 23.5 Å². The molecular weight excluding hydrogens is 337 g/mol. The number of carbonyl (C=O) groups is 3. The fraction of sp³-hybridized carbons (Fsp3) is 0.211. The summed E-state index contributed by atoms with van der Waals surface area (Å²) in [6, 6.07) is 13.9. The first-order valence-electron chi connectivity index (χ1n) is 8.05. The van der Waals surface area contributed by atoms with Crippen molar-refractivity contribution in [3.05, 3.63) is 66.0 Å². The third-order valence-corrected chi connectivity index (χ3v) is 4.50. The van der Waals surface area contributed by atoms with Gasteiger partial charge in [-0.25, -0.2) is 9.18 Å². The Kier molecular flexibility index (Phi) is 4.46. The van der Waals surface area contributed by atoms with Crippen molar-refractivity contribution in [3.8, 4) is 0 Å². The maximum atomic E-state index is 14.1. The summed E-state index contributed by atoms with van der Waals surface area (Å²) < 4.78 is 14.1. The molecule has 4 amide bonds. The van der Waals surface area contributed by atoms with Crippen molar-refractivity contribution in [2.45, 2.75) is 12.5 Å². The molecular formula is C19H18FN3O3. The van der Waals surface area contributed by atoms with E-state index >= 15 is 0 Å². The first-order chi connectivity index (χ1) is 12.3. The summed E-state index contributed by atoms with van der Waals surface area (Å²) in [5.74, 6) is -1.70. The predicted molar refractivity (Wildman–Crippen MR) is 93.8 cm³/mol. The van der Waals surface area contributed by atoms with Crippen molar-refractivity contribution in [3.63, 3.8) is 0 Å². The maximum Gasteiger partial charge on any atom is 0.325 e. The molecule has 1 saturated heterocycles. The summed E-state index contributed by atoms with van der Waals surface area (Å²) in [5.41, 5.74) is -0.847. The number of amides is 4. The number of carbonyl (C=O) groups excluding carboxylic acids is 3. The molecule has 1 atom stereocenters. The number of halogens is 1. The smallest absolute Gasteiger partial charge is 0.319 e. The average Bonchev–Trinajstić information content (AvgIpc) is 2.86. The Morgan fingerprint density at radius 2 is 1.73 bits per heavy atom. The normalized spacial score (nSPS) is 19.4. The summed E-state index contributed by atoms with van der Waals surface area (Å²) in [7, 11) is 1.56. The fourth-order valence-electron chi connectivity index (χ4n) is 2.93. The van der Waals surface area contributed by atoms with Crippen LogP contribution in [0.4, 0.5) is 14.9 Å². The number of nitrogens with zero attached hydrogens (tertiary/aromatic N) is 2. The van der Waals surface area contributed by atoms with Gasteiger partial charge in [0.1, 0.15) is 17.9 Å². The van der Waals surface area contributed by atoms with E-state index in [1.165, 1.54) is 30.0 Å². The average molecular weight is 355 g/mol. The van der Waals surface area contributed by atoms with Gasteiger partial charge in [0, 0.05) is 18.3 Å². The van der Waals surface area contributed by atoms with Gasteiger partial charge in [0.25, 0.3) is 5.91 Å². The largest absolute Gasteiger partial charge is 0.325 e. The van der Waals surface area contributed by atoms with Crippen LogP contribution >= 0.6 is 0 Å². The second-order valence-corrected chi connectivity index (χ2v) is 6.21. The van der Waals surface area contributed by atoms with Crippen LogP contribution in [0.1, 0.15) is 12.5 Å². The van der Waals surface area contributed by atoms with E-state index in [0.29, 0.717) is 5.69 Å². The van der Waals surface area contributed by atoms with Gasteiger partial charge in [-0.2, -0.15) is 0 Å². The zero-order valence-electron chi connectivity index (χ0n) is 14.4. The molecule has 0 spiro atoms. The Balaban J connectivity index is 1.82. The van der Waals surface area contributed by atoms with Crippen LogP contribution in [-0.2, 0) is 15.1 Å². The zero-order valence-corrected chi connectivity index (χ0v) is 14.4. The molecule has 26 heavy (non-hydrogen) atoms. The number of imide groups is 1. The quantitative estimate of drug-likeness (QED) is 0.856. The highest BCUT2D eigenvalue weighted by Gasteiger charge is 2.50. The summed E-state index contributed by atoms with van der Waals surface area (Å²) >= 11 is 0. The Bertz CT molecular complexity index is 871. The van der Waals surface area contributed by atoms with Gasteiger partial charge in [-0.05, 0) is 25.1 Å². The highest BCUT2D eigenvalue weighted by atomic mass is 19.1. The molecule has 0 saturated carbocycles. The summed E-state index contributed by atoms with van der Waals surface area (Å²) in [4.78, 5) is 39.7. The van der Waals surface area contributed by atoms with Gasteiger partial charge in [-0.15, -0.1) is 0 Å². The number of benzene rings is 2. The Hall–Kier alpha value is -3.22. The number of likely N-dealkylation sites (N-methyl/N-ethyl adjacent to an activating group) is 1. The van der Waals surface area contributed by atoms with Crippen molar-refractivity contribution in [1.29, 1.82) is 0 Å². The number of hydrogen-bond donors (Lipinski definition) is 1. The molecule has 0 radical (unpaired) electrons. The molecule has 2 aromatic rings. The summed E-state index contributed by atoms with van der Waals surface area (Å²) in [6.45, 7) is 0.997. The van der Waals surface area contributed by atoms with E-state index in [0.717, 1.165) is 4.90 Å². The number of anilines is 1. The molecule has 1 aliphatic heterocycles. The SMILES string of the molecule is CN(C(=O)CN1C(=O)N[C@](C)(c2ccccc2F)C1=O)c1ccccc1. The van der Waals surface area contributed by atoms with Gasteiger partial charge < -0.3 is 10.2 Å². The molecule has 1 fully saturated rings. The van der Waals surface area contributed by atoms with E-state index in [1.54, 1.807) is 37.4 Å². The monoisotopic (exact) mass is 355 g/mol. The lowest BCUT2D eigenvalue weighted by atomic mass is 9.91. The van der Waals surface area contributed by atoms with E-state index in [2.05, 4.69) is 5.32 Å². The van der Waals surface area contributed by atoms with Gasteiger partial charge in [-0.3, -0.25) is 14.5 Å². The van der Waals surface area contributed by atoms with E-state index in [9.17, 15) is 18.8 Å². The number of urea groups is 1. The Labute approximate surface area is 150 Å². The van der Waals surface area contributed by atoms with Crippen LogP contribution in [0, 0.1) is 5.82 Å². The highest BCUT2D eigenvalue weighted by Crippen LogP contribution is 2.30. The Morgan fingerprint density at radius 1 is 1.12 bits per heavy atom. The number of hydrogen-bond acceptors (Lipinski definition) is 3. The predicted octanol–water partition coefficient (Wildman–Crippen LogP) is 2.26. The van der Waals surface area contributed by atoms with E-state index < -0.39 is 35.7 Å². The molecule has 0 aliphatic carbocycles. The zero-order chi connectivity index (χ0) is 18.9. The molecule has 1 aliphatic rings. The minimum atomic E-state index is -1.55. The lowest BCUT2D eigenvalue weighted by molar-refractivity contribution is -0.134. The van der Waals surface area contributed by atoms with Crippen molar-refractivity contribution in [2.75, 3.05) is 18.5 Å². The summed E-state index contributed by atoms with van der Waals surface area (Å²) in [5, 5.41) is 2.50. The molecule has 0 unspecified atom stereocenters. The van der Waals surface area contributed by atoms with E-state index in [-0.39, 0.29) is 5.56 Å². The third-order valence-electron chi connectivity index (χ3n) is 4.50. The lowest BCUT2D eigenvalue weighted by Crippen LogP contribution is -2.44. The number of nitrogens with one attached hydrogen (secondary N) is 1.